The third kappa shape index (κ3) is 3.32. The van der Waals surface area contributed by atoms with Crippen LogP contribution in [-0.4, -0.2) is 26.4 Å². The summed E-state index contributed by atoms with van der Waals surface area (Å²) in [6, 6.07) is 17.3. The number of para-hydroxylation sites is 1. The Labute approximate surface area is 160 Å². The number of hydrogen-bond acceptors (Lipinski definition) is 3. The highest BCUT2D eigenvalue weighted by atomic mass is 19.1. The average molecular weight is 376 g/mol. The van der Waals surface area contributed by atoms with Crippen LogP contribution in [0.1, 0.15) is 12.1 Å². The number of aromatic amines is 1. The Morgan fingerprint density at radius 3 is 2.36 bits per heavy atom. The number of halogens is 1. The molecule has 3 N–H and O–H groups in total. The molecule has 0 aliphatic rings. The van der Waals surface area contributed by atoms with E-state index in [0.29, 0.717) is 33.3 Å². The fourth-order valence-corrected chi connectivity index (χ4v) is 3.28. The van der Waals surface area contributed by atoms with Crippen LogP contribution in [0.5, 0.6) is 5.75 Å². The van der Waals surface area contributed by atoms with Crippen LogP contribution in [0.25, 0.3) is 33.2 Å². The van der Waals surface area contributed by atoms with Gasteiger partial charge in [0.2, 0.25) is 0 Å². The molecule has 3 aromatic carbocycles. The van der Waals surface area contributed by atoms with Crippen molar-refractivity contribution in [3.63, 3.8) is 0 Å². The van der Waals surface area contributed by atoms with Gasteiger partial charge in [0.05, 0.1) is 17.6 Å². The Morgan fingerprint density at radius 2 is 1.68 bits per heavy atom. The van der Waals surface area contributed by atoms with Crippen molar-refractivity contribution < 1.29 is 19.4 Å². The van der Waals surface area contributed by atoms with Gasteiger partial charge in [-0.05, 0) is 23.3 Å². The molecule has 0 saturated heterocycles. The Balaban J connectivity index is 1.72. The molecule has 0 fully saturated rings. The normalized spacial score (nSPS) is 11.0. The lowest BCUT2D eigenvalue weighted by atomic mass is 9.98. The van der Waals surface area contributed by atoms with Crippen molar-refractivity contribution in [1.29, 1.82) is 0 Å². The van der Waals surface area contributed by atoms with Gasteiger partial charge in [0.1, 0.15) is 11.6 Å². The van der Waals surface area contributed by atoms with E-state index in [2.05, 4.69) is 10.2 Å². The maximum atomic E-state index is 14.6. The van der Waals surface area contributed by atoms with Gasteiger partial charge in [-0.25, -0.2) is 4.39 Å². The molecule has 0 aliphatic heterocycles. The molecule has 28 heavy (non-hydrogen) atoms. The zero-order valence-corrected chi connectivity index (χ0v) is 14.8. The summed E-state index contributed by atoms with van der Waals surface area (Å²) in [5, 5.41) is 26.5. The number of phenolic OH excluding ortho intramolecular Hbond substituents is 1. The Morgan fingerprint density at radius 1 is 1.00 bits per heavy atom. The van der Waals surface area contributed by atoms with Crippen molar-refractivity contribution in [3.8, 4) is 28.0 Å². The number of carboxylic acid groups (broad SMARTS) is 1. The summed E-state index contributed by atoms with van der Waals surface area (Å²) in [6.45, 7) is 0. The average Bonchev–Trinajstić information content (AvgIpc) is 3.08. The highest BCUT2D eigenvalue weighted by molar-refractivity contribution is 5.87. The molecule has 0 unspecified atom stereocenters. The van der Waals surface area contributed by atoms with Gasteiger partial charge in [0.15, 0.2) is 0 Å². The van der Waals surface area contributed by atoms with Crippen molar-refractivity contribution in [2.45, 2.75) is 12.8 Å². The number of aromatic nitrogens is 2. The first-order valence-corrected chi connectivity index (χ1v) is 8.80. The highest BCUT2D eigenvalue weighted by Crippen LogP contribution is 2.33. The van der Waals surface area contributed by atoms with Gasteiger partial charge in [0, 0.05) is 29.0 Å². The van der Waals surface area contributed by atoms with Crippen LogP contribution in [-0.2, 0) is 11.2 Å². The molecular formula is C22H17FN2O3. The molecule has 6 heteroatoms. The minimum absolute atomic E-state index is 0.0398. The van der Waals surface area contributed by atoms with E-state index in [1.54, 1.807) is 30.3 Å². The number of phenols is 1. The van der Waals surface area contributed by atoms with Crippen molar-refractivity contribution in [3.05, 3.63) is 72.2 Å². The Hall–Kier alpha value is -3.67. The standard InChI is InChI=1S/C22H17FN2O3/c23-18-12-20-17(19(24-25-20)9-10-22(27)28)11-16(18)14-7-5-13(6-8-14)15-3-1-2-4-21(15)26/h1-8,11-12,26H,9-10H2,(H,24,25)(H,27,28). The van der Waals surface area contributed by atoms with E-state index >= 15 is 0 Å². The zero-order chi connectivity index (χ0) is 19.7. The summed E-state index contributed by atoms with van der Waals surface area (Å²) < 4.78 is 14.6. The quantitative estimate of drug-likeness (QED) is 0.469. The number of carboxylic acids is 1. The maximum Gasteiger partial charge on any atom is 0.303 e. The lowest BCUT2D eigenvalue weighted by molar-refractivity contribution is -0.136. The van der Waals surface area contributed by atoms with Crippen molar-refractivity contribution in [2.24, 2.45) is 0 Å². The summed E-state index contributed by atoms with van der Waals surface area (Å²) in [5.41, 5.74) is 3.76. The first kappa shape index (κ1) is 17.7. The van der Waals surface area contributed by atoms with Crippen molar-refractivity contribution >= 4 is 16.9 Å². The number of H-pyrrole nitrogens is 1. The van der Waals surface area contributed by atoms with Crippen LogP contribution in [0.15, 0.2) is 60.7 Å². The molecule has 0 saturated carbocycles. The predicted molar refractivity (Wildman–Crippen MR) is 105 cm³/mol. The zero-order valence-electron chi connectivity index (χ0n) is 14.8. The van der Waals surface area contributed by atoms with Crippen LogP contribution in [0.2, 0.25) is 0 Å². The fourth-order valence-electron chi connectivity index (χ4n) is 3.28. The minimum atomic E-state index is -0.904. The van der Waals surface area contributed by atoms with Crippen molar-refractivity contribution in [1.82, 2.24) is 10.2 Å². The summed E-state index contributed by atoms with van der Waals surface area (Å²) in [4.78, 5) is 10.8. The SMILES string of the molecule is O=C(O)CCc1n[nH]c2cc(F)c(-c3ccc(-c4ccccc4O)cc3)cc12. The van der Waals surface area contributed by atoms with E-state index in [9.17, 15) is 14.3 Å². The molecule has 0 atom stereocenters. The van der Waals surface area contributed by atoms with Gasteiger partial charge in [-0.2, -0.15) is 5.10 Å². The third-order valence-corrected chi connectivity index (χ3v) is 4.72. The Kier molecular flexibility index (Phi) is 4.53. The van der Waals surface area contributed by atoms with Crippen LogP contribution >= 0.6 is 0 Å². The van der Waals surface area contributed by atoms with Crippen molar-refractivity contribution in [2.75, 3.05) is 0 Å². The topological polar surface area (TPSA) is 86.2 Å². The smallest absolute Gasteiger partial charge is 0.303 e. The summed E-state index contributed by atoms with van der Waals surface area (Å²) in [7, 11) is 0. The van der Waals surface area contributed by atoms with E-state index in [1.165, 1.54) is 6.07 Å². The van der Waals surface area contributed by atoms with Crippen LogP contribution < -0.4 is 0 Å². The molecule has 0 radical (unpaired) electrons. The molecular weight excluding hydrogens is 359 g/mol. The van der Waals surface area contributed by atoms with Gasteiger partial charge in [-0.3, -0.25) is 9.89 Å². The van der Waals surface area contributed by atoms with Gasteiger partial charge >= 0.3 is 5.97 Å². The van der Waals surface area contributed by atoms with Crippen LogP contribution in [0, 0.1) is 5.82 Å². The van der Waals surface area contributed by atoms with E-state index in [1.807, 2.05) is 24.3 Å². The summed E-state index contributed by atoms with van der Waals surface area (Å²) >= 11 is 0. The van der Waals surface area contributed by atoms with Crippen LogP contribution in [0.4, 0.5) is 4.39 Å². The number of carbonyl (C=O) groups is 1. The molecule has 4 rings (SSSR count). The molecule has 0 amide bonds. The van der Waals surface area contributed by atoms with Gasteiger partial charge in [-0.1, -0.05) is 42.5 Å². The minimum Gasteiger partial charge on any atom is -0.507 e. The van der Waals surface area contributed by atoms with E-state index in [-0.39, 0.29) is 18.6 Å². The number of hydrogen-bond donors (Lipinski definition) is 3. The monoisotopic (exact) mass is 376 g/mol. The third-order valence-electron chi connectivity index (χ3n) is 4.72. The Bertz CT molecular complexity index is 1170. The second-order valence-electron chi connectivity index (χ2n) is 6.54. The largest absolute Gasteiger partial charge is 0.507 e. The van der Waals surface area contributed by atoms with E-state index < -0.39 is 11.8 Å². The lowest BCUT2D eigenvalue weighted by Gasteiger charge is -2.08. The number of benzene rings is 3. The molecule has 4 aromatic rings. The number of rotatable bonds is 5. The first-order valence-electron chi connectivity index (χ1n) is 8.80. The number of aryl methyl sites for hydroxylation is 1. The molecule has 1 aromatic heterocycles. The van der Waals surface area contributed by atoms with Gasteiger partial charge < -0.3 is 10.2 Å². The second kappa shape index (κ2) is 7.15. The summed E-state index contributed by atoms with van der Waals surface area (Å²) in [6.07, 6.45) is 0.231. The molecule has 1 heterocycles. The number of nitrogens with zero attached hydrogens (tertiary/aromatic N) is 1. The molecule has 0 aliphatic carbocycles. The number of nitrogens with one attached hydrogen (secondary N) is 1. The molecule has 0 bridgehead atoms. The lowest BCUT2D eigenvalue weighted by Crippen LogP contribution is -1.98. The number of fused-ring (bicyclic) bond motifs is 1. The van der Waals surface area contributed by atoms with E-state index in [0.717, 1.165) is 5.56 Å². The summed E-state index contributed by atoms with van der Waals surface area (Å²) in [5.74, 6) is -1.11. The van der Waals surface area contributed by atoms with Crippen LogP contribution in [0.3, 0.4) is 0 Å². The molecule has 5 nitrogen and oxygen atoms in total. The van der Waals surface area contributed by atoms with Gasteiger partial charge in [0.25, 0.3) is 0 Å². The number of aliphatic carboxylic acids is 1. The predicted octanol–water partition coefficient (Wildman–Crippen LogP) is 4.76. The molecule has 0 spiro atoms. The maximum absolute atomic E-state index is 14.6. The molecule has 140 valence electrons. The second-order valence-corrected chi connectivity index (χ2v) is 6.54. The fraction of sp³-hybridized carbons (Fsp3) is 0.0909. The van der Waals surface area contributed by atoms with E-state index in [4.69, 9.17) is 5.11 Å². The van der Waals surface area contributed by atoms with Gasteiger partial charge in [-0.15, -0.1) is 0 Å². The highest BCUT2D eigenvalue weighted by Gasteiger charge is 2.14. The first-order chi connectivity index (χ1) is 13.5. The number of aromatic hydroxyl groups is 1.